The molecule has 2 aliphatic rings. The molecule has 3 aromatic heterocycles. The molecule has 1 aliphatic heterocycles. The summed E-state index contributed by atoms with van der Waals surface area (Å²) in [6.07, 6.45) is 6.37. The van der Waals surface area contributed by atoms with Crippen LogP contribution in [0.2, 0.25) is 0 Å². The smallest absolute Gasteiger partial charge is 0.227 e. The Kier molecular flexibility index (Phi) is 7.31. The van der Waals surface area contributed by atoms with Gasteiger partial charge in [-0.1, -0.05) is 5.21 Å². The standard InChI is InChI=1S/C32H30F3N7OS/c1-17-18(2)44-32-29(17)30(36-16-37-32)41-10-8-19(9-11-41)31(43)38-21-6-7-25(34)24(14-21)27-15-42(40-39-27)28-5-3-4-22-23(28)12-20(33)13-26(22)35/h6-7,12-16,19,28H,3-5,8-11H2,1-2H3,(H,38,43)/t28-/m1/s1. The Labute approximate surface area is 255 Å². The van der Waals surface area contributed by atoms with Crippen LogP contribution in [0.5, 0.6) is 0 Å². The third-order valence-corrected chi connectivity index (χ3v) is 10.0. The molecule has 4 heterocycles. The summed E-state index contributed by atoms with van der Waals surface area (Å²) in [5.41, 5.74) is 3.10. The molecule has 2 aromatic carbocycles. The first-order valence-electron chi connectivity index (χ1n) is 14.7. The van der Waals surface area contributed by atoms with E-state index in [4.69, 9.17) is 0 Å². The number of carbonyl (C=O) groups is 1. The quantitative estimate of drug-likeness (QED) is 0.234. The number of anilines is 2. The molecule has 7 rings (SSSR count). The Morgan fingerprint density at radius 1 is 1.02 bits per heavy atom. The number of hydrogen-bond acceptors (Lipinski definition) is 7. The van der Waals surface area contributed by atoms with Crippen LogP contribution in [-0.2, 0) is 11.2 Å². The molecule has 0 unspecified atom stereocenters. The molecule has 0 spiro atoms. The molecular formula is C32H30F3N7OS. The minimum atomic E-state index is -0.646. The largest absolute Gasteiger partial charge is 0.356 e. The molecule has 1 N–H and O–H groups in total. The van der Waals surface area contributed by atoms with Crippen molar-refractivity contribution >= 4 is 39.0 Å². The van der Waals surface area contributed by atoms with E-state index in [9.17, 15) is 18.0 Å². The first kappa shape index (κ1) is 28.5. The minimum Gasteiger partial charge on any atom is -0.356 e. The van der Waals surface area contributed by atoms with Gasteiger partial charge in [0.15, 0.2) is 0 Å². The van der Waals surface area contributed by atoms with Crippen LogP contribution in [0.25, 0.3) is 21.5 Å². The van der Waals surface area contributed by atoms with E-state index in [1.165, 1.54) is 33.3 Å². The fraction of sp³-hybridized carbons (Fsp3) is 0.344. The number of nitrogens with one attached hydrogen (secondary N) is 1. The molecule has 226 valence electrons. The second-order valence-electron chi connectivity index (χ2n) is 11.6. The summed E-state index contributed by atoms with van der Waals surface area (Å²) < 4.78 is 45.0. The number of piperidine rings is 1. The Hall–Kier alpha value is -4.32. The number of aromatic nitrogens is 5. The second kappa shape index (κ2) is 11.3. The van der Waals surface area contributed by atoms with Gasteiger partial charge in [0.25, 0.3) is 0 Å². The molecule has 12 heteroatoms. The van der Waals surface area contributed by atoms with Gasteiger partial charge in [-0.15, -0.1) is 16.4 Å². The number of nitrogens with zero attached hydrogens (tertiary/aromatic N) is 6. The highest BCUT2D eigenvalue weighted by atomic mass is 32.1. The number of aryl methyl sites for hydroxylation is 2. The lowest BCUT2D eigenvalue weighted by molar-refractivity contribution is -0.120. The molecule has 1 aliphatic carbocycles. The van der Waals surface area contributed by atoms with Gasteiger partial charge in [-0.3, -0.25) is 4.79 Å². The van der Waals surface area contributed by atoms with E-state index in [0.29, 0.717) is 62.0 Å². The van der Waals surface area contributed by atoms with Crippen molar-refractivity contribution < 1.29 is 18.0 Å². The maximum absolute atomic E-state index is 15.0. The number of hydrogen-bond donors (Lipinski definition) is 1. The van der Waals surface area contributed by atoms with Crippen LogP contribution in [0, 0.1) is 37.2 Å². The van der Waals surface area contributed by atoms with Gasteiger partial charge in [-0.25, -0.2) is 27.8 Å². The zero-order chi connectivity index (χ0) is 30.5. The first-order valence-corrected chi connectivity index (χ1v) is 15.5. The van der Waals surface area contributed by atoms with Crippen molar-refractivity contribution in [3.05, 3.63) is 81.9 Å². The summed E-state index contributed by atoms with van der Waals surface area (Å²) in [4.78, 5) is 26.7. The minimum absolute atomic E-state index is 0.121. The average Bonchev–Trinajstić information content (AvgIpc) is 3.62. The number of fused-ring (bicyclic) bond motifs is 2. The maximum atomic E-state index is 15.0. The van der Waals surface area contributed by atoms with E-state index >= 15 is 0 Å². The van der Waals surface area contributed by atoms with Gasteiger partial charge < -0.3 is 10.2 Å². The molecule has 1 saturated heterocycles. The number of thiophene rings is 1. The summed E-state index contributed by atoms with van der Waals surface area (Å²) in [5, 5.41) is 12.4. The van der Waals surface area contributed by atoms with Gasteiger partial charge in [-0.2, -0.15) is 0 Å². The van der Waals surface area contributed by atoms with Gasteiger partial charge in [0.1, 0.15) is 40.1 Å². The van der Waals surface area contributed by atoms with Crippen LogP contribution in [0.4, 0.5) is 24.7 Å². The van der Waals surface area contributed by atoms with E-state index in [1.807, 2.05) is 0 Å². The first-order chi connectivity index (χ1) is 21.3. The maximum Gasteiger partial charge on any atom is 0.227 e. The van der Waals surface area contributed by atoms with Crippen molar-refractivity contribution in [2.75, 3.05) is 23.3 Å². The number of benzene rings is 2. The van der Waals surface area contributed by atoms with Crippen molar-refractivity contribution in [2.45, 2.75) is 52.0 Å². The Morgan fingerprint density at radius 2 is 1.84 bits per heavy atom. The lowest BCUT2D eigenvalue weighted by Gasteiger charge is -2.32. The van der Waals surface area contributed by atoms with Gasteiger partial charge in [-0.05, 0) is 86.9 Å². The molecule has 44 heavy (non-hydrogen) atoms. The summed E-state index contributed by atoms with van der Waals surface area (Å²) in [6.45, 7) is 5.56. The monoisotopic (exact) mass is 617 g/mol. The third kappa shape index (κ3) is 5.10. The fourth-order valence-electron chi connectivity index (χ4n) is 6.44. The zero-order valence-corrected chi connectivity index (χ0v) is 25.1. The summed E-state index contributed by atoms with van der Waals surface area (Å²) >= 11 is 1.67. The van der Waals surface area contributed by atoms with Crippen molar-refractivity contribution in [2.24, 2.45) is 5.92 Å². The van der Waals surface area contributed by atoms with E-state index in [2.05, 4.69) is 44.3 Å². The normalized spacial score (nSPS) is 17.2. The van der Waals surface area contributed by atoms with Crippen LogP contribution in [-0.4, -0.2) is 44.0 Å². The molecule has 1 amide bonds. The molecule has 1 fully saturated rings. The van der Waals surface area contributed by atoms with E-state index in [-0.39, 0.29) is 23.1 Å². The fourth-order valence-corrected chi connectivity index (χ4v) is 7.43. The van der Waals surface area contributed by atoms with Gasteiger partial charge >= 0.3 is 0 Å². The van der Waals surface area contributed by atoms with Crippen molar-refractivity contribution in [3.63, 3.8) is 0 Å². The number of rotatable bonds is 5. The number of amides is 1. The summed E-state index contributed by atoms with van der Waals surface area (Å²) in [6, 6.07) is 6.19. The average molecular weight is 618 g/mol. The molecule has 1 atom stereocenters. The van der Waals surface area contributed by atoms with Crippen LogP contribution < -0.4 is 10.2 Å². The zero-order valence-electron chi connectivity index (χ0n) is 24.3. The molecule has 5 aromatic rings. The van der Waals surface area contributed by atoms with Crippen LogP contribution in [0.15, 0.2) is 42.9 Å². The molecule has 0 bridgehead atoms. The van der Waals surface area contributed by atoms with Gasteiger partial charge in [0.05, 0.1) is 17.6 Å². The van der Waals surface area contributed by atoms with Crippen molar-refractivity contribution in [1.29, 1.82) is 0 Å². The highest BCUT2D eigenvalue weighted by molar-refractivity contribution is 7.18. The van der Waals surface area contributed by atoms with Crippen molar-refractivity contribution in [3.8, 4) is 11.3 Å². The highest BCUT2D eigenvalue weighted by Gasteiger charge is 2.29. The van der Waals surface area contributed by atoms with Crippen LogP contribution in [0.1, 0.15) is 53.3 Å². The van der Waals surface area contributed by atoms with Crippen LogP contribution >= 0.6 is 11.3 Å². The topological polar surface area (TPSA) is 88.8 Å². The lowest BCUT2D eigenvalue weighted by Crippen LogP contribution is -2.38. The Morgan fingerprint density at radius 3 is 2.66 bits per heavy atom. The lowest BCUT2D eigenvalue weighted by atomic mass is 9.87. The van der Waals surface area contributed by atoms with Gasteiger partial charge in [0, 0.05) is 41.2 Å². The van der Waals surface area contributed by atoms with E-state index in [0.717, 1.165) is 22.1 Å². The molecule has 8 nitrogen and oxygen atoms in total. The SMILES string of the molecule is Cc1sc2ncnc(N3CCC(C(=O)Nc4ccc(F)c(-c5cn([C@@H]6CCCc7c(F)cc(F)cc76)nn5)c4)CC3)c2c1C. The Bertz CT molecular complexity index is 1900. The number of carbonyl (C=O) groups excluding carboxylic acids is 1. The molecule has 0 radical (unpaired) electrons. The predicted molar refractivity (Wildman–Crippen MR) is 163 cm³/mol. The third-order valence-electron chi connectivity index (χ3n) is 8.91. The Balaban J connectivity index is 1.05. The highest BCUT2D eigenvalue weighted by Crippen LogP contribution is 2.37. The summed E-state index contributed by atoms with van der Waals surface area (Å²) in [5.74, 6) is -1.13. The van der Waals surface area contributed by atoms with E-state index in [1.54, 1.807) is 29.9 Å². The van der Waals surface area contributed by atoms with Crippen molar-refractivity contribution in [1.82, 2.24) is 25.0 Å². The molecule has 0 saturated carbocycles. The second-order valence-corrected chi connectivity index (χ2v) is 12.8. The van der Waals surface area contributed by atoms with Gasteiger partial charge in [0.2, 0.25) is 5.91 Å². The summed E-state index contributed by atoms with van der Waals surface area (Å²) in [7, 11) is 0. The number of halogens is 3. The predicted octanol–water partition coefficient (Wildman–Crippen LogP) is 6.76. The van der Waals surface area contributed by atoms with Crippen LogP contribution in [0.3, 0.4) is 0 Å². The molecular weight excluding hydrogens is 587 g/mol. The van der Waals surface area contributed by atoms with E-state index < -0.39 is 23.5 Å².